The van der Waals surface area contributed by atoms with Gasteiger partial charge < -0.3 is 9.73 Å². The second kappa shape index (κ2) is 11.4. The number of hydrogen-bond donors (Lipinski definition) is 1. The molecule has 2 aromatic rings. The van der Waals surface area contributed by atoms with E-state index in [4.69, 9.17) is 4.42 Å². The van der Waals surface area contributed by atoms with E-state index < -0.39 is 10.0 Å². The van der Waals surface area contributed by atoms with Crippen LogP contribution in [-0.4, -0.2) is 44.9 Å². The minimum Gasteiger partial charge on any atom is -0.437 e. The van der Waals surface area contributed by atoms with Crippen molar-refractivity contribution in [1.82, 2.24) is 10.3 Å². The largest absolute Gasteiger partial charge is 0.437 e. The first kappa shape index (κ1) is 26.3. The monoisotopic (exact) mass is 509 g/mol. The normalized spacial score (nSPS) is 14.8. The SMILES string of the molecule is C/C=C(\C=C/CC)c1oc2nc(N(CCCCSF)S(C)(=O)=O)c(C3CC3)cc2c1C(=O)NC. The van der Waals surface area contributed by atoms with Crippen LogP contribution < -0.4 is 9.62 Å². The summed E-state index contributed by atoms with van der Waals surface area (Å²) < 4.78 is 45.3. The second-order valence-corrected chi connectivity index (χ2v) is 10.9. The molecule has 0 bridgehead atoms. The van der Waals surface area contributed by atoms with Gasteiger partial charge in [-0.2, -0.15) is 8.87 Å². The number of halogens is 1. The van der Waals surface area contributed by atoms with Crippen LogP contribution in [0.5, 0.6) is 0 Å². The number of aromatic nitrogens is 1. The van der Waals surface area contributed by atoms with Crippen LogP contribution in [0.3, 0.4) is 0 Å². The minimum absolute atomic E-state index is 0.176. The fourth-order valence-corrected chi connectivity index (χ4v) is 5.10. The quantitative estimate of drug-likeness (QED) is 0.296. The lowest BCUT2D eigenvalue weighted by atomic mass is 10.0. The zero-order valence-corrected chi connectivity index (χ0v) is 21.7. The number of allylic oxidation sites excluding steroid dienone is 4. The molecule has 1 aliphatic carbocycles. The van der Waals surface area contributed by atoms with Crippen LogP contribution in [0.25, 0.3) is 16.7 Å². The summed E-state index contributed by atoms with van der Waals surface area (Å²) >= 11 is 0.249. The van der Waals surface area contributed by atoms with Gasteiger partial charge in [0.15, 0.2) is 0 Å². The van der Waals surface area contributed by atoms with Gasteiger partial charge in [0.25, 0.3) is 5.91 Å². The molecule has 186 valence electrons. The Labute approximate surface area is 205 Å². The topological polar surface area (TPSA) is 92.5 Å². The summed E-state index contributed by atoms with van der Waals surface area (Å²) in [5.74, 6) is 0.931. The van der Waals surface area contributed by atoms with Crippen LogP contribution in [0.4, 0.5) is 9.70 Å². The van der Waals surface area contributed by atoms with E-state index in [1.165, 1.54) is 4.31 Å². The Morgan fingerprint density at radius 1 is 1.38 bits per heavy atom. The summed E-state index contributed by atoms with van der Waals surface area (Å²) in [5, 5.41) is 3.25. The Hall–Kier alpha value is -2.33. The van der Waals surface area contributed by atoms with Gasteiger partial charge in [-0.15, -0.1) is 0 Å². The van der Waals surface area contributed by atoms with Gasteiger partial charge >= 0.3 is 0 Å². The smallest absolute Gasteiger partial charge is 0.255 e. The highest BCUT2D eigenvalue weighted by Crippen LogP contribution is 2.46. The number of sulfonamides is 1. The molecular formula is C24H32FN3O4S2. The standard InChI is InChI=1S/C24H32FN3O4S2/c1-5-7-10-16(6-2)21-20(23(29)26-3)19-15-18(17-11-12-17)22(27-24(19)32-21)28(34(4,30)31)13-8-9-14-33-25/h6-7,10,15,17H,5,8-9,11-14H2,1-4H3,(H,26,29)/b10-7-,16-6+. The molecule has 1 amide bonds. The Balaban J connectivity index is 2.22. The Bertz CT molecular complexity index is 1200. The van der Waals surface area contributed by atoms with E-state index in [0.29, 0.717) is 41.1 Å². The summed E-state index contributed by atoms with van der Waals surface area (Å²) in [5.41, 5.74) is 2.14. The summed E-state index contributed by atoms with van der Waals surface area (Å²) in [6.45, 7) is 4.09. The van der Waals surface area contributed by atoms with Gasteiger partial charge in [-0.25, -0.2) is 8.42 Å². The number of rotatable bonds is 12. The highest BCUT2D eigenvalue weighted by molar-refractivity contribution is 7.94. The van der Waals surface area contributed by atoms with Crippen LogP contribution in [0.1, 0.15) is 73.6 Å². The van der Waals surface area contributed by atoms with Crippen LogP contribution >= 0.6 is 12.1 Å². The van der Waals surface area contributed by atoms with Gasteiger partial charge in [-0.3, -0.25) is 9.10 Å². The number of furan rings is 1. The molecule has 34 heavy (non-hydrogen) atoms. The van der Waals surface area contributed by atoms with Crippen LogP contribution in [0.15, 0.2) is 28.7 Å². The number of amides is 1. The highest BCUT2D eigenvalue weighted by Gasteiger charge is 2.34. The molecule has 2 aromatic heterocycles. The Morgan fingerprint density at radius 3 is 2.68 bits per heavy atom. The lowest BCUT2D eigenvalue weighted by molar-refractivity contribution is 0.0963. The lowest BCUT2D eigenvalue weighted by Gasteiger charge is -2.23. The summed E-state index contributed by atoms with van der Waals surface area (Å²) in [6, 6.07) is 1.86. The van der Waals surface area contributed by atoms with Crippen molar-refractivity contribution in [2.24, 2.45) is 0 Å². The van der Waals surface area contributed by atoms with Crippen molar-refractivity contribution in [2.45, 2.75) is 51.9 Å². The van der Waals surface area contributed by atoms with Crippen molar-refractivity contribution < 1.29 is 21.5 Å². The van der Waals surface area contributed by atoms with E-state index in [9.17, 15) is 17.1 Å². The molecule has 2 heterocycles. The predicted octanol–water partition coefficient (Wildman–Crippen LogP) is 5.60. The molecule has 1 N–H and O–H groups in total. The van der Waals surface area contributed by atoms with Crippen molar-refractivity contribution in [2.75, 3.05) is 29.9 Å². The fourth-order valence-electron chi connectivity index (χ4n) is 3.87. The number of nitrogens with one attached hydrogen (secondary N) is 1. The fraction of sp³-hybridized carbons (Fsp3) is 0.500. The molecule has 0 aliphatic heterocycles. The van der Waals surface area contributed by atoms with Crippen molar-refractivity contribution in [3.05, 3.63) is 41.2 Å². The first-order chi connectivity index (χ1) is 16.3. The molecule has 10 heteroatoms. The molecule has 7 nitrogen and oxygen atoms in total. The summed E-state index contributed by atoms with van der Waals surface area (Å²) in [6.07, 6.45) is 10.6. The van der Waals surface area contributed by atoms with E-state index >= 15 is 0 Å². The number of anilines is 1. The molecule has 0 radical (unpaired) electrons. The van der Waals surface area contributed by atoms with Crippen molar-refractivity contribution in [3.8, 4) is 0 Å². The third-order valence-electron chi connectivity index (χ3n) is 5.74. The number of hydrogen-bond acceptors (Lipinski definition) is 6. The van der Waals surface area contributed by atoms with Gasteiger partial charge in [0.2, 0.25) is 15.7 Å². The van der Waals surface area contributed by atoms with Crippen molar-refractivity contribution in [3.63, 3.8) is 0 Å². The number of carbonyl (C=O) groups is 1. The maximum atomic E-state index is 12.9. The van der Waals surface area contributed by atoms with Crippen molar-refractivity contribution in [1.29, 1.82) is 0 Å². The van der Waals surface area contributed by atoms with Gasteiger partial charge in [0, 0.05) is 37.1 Å². The average Bonchev–Trinajstić information content (AvgIpc) is 3.58. The molecule has 1 fully saturated rings. The second-order valence-electron chi connectivity index (χ2n) is 8.32. The van der Waals surface area contributed by atoms with Crippen LogP contribution in [0, 0.1) is 0 Å². The first-order valence-corrected chi connectivity index (χ1v) is 14.2. The average molecular weight is 510 g/mol. The molecule has 3 rings (SSSR count). The molecule has 1 saturated carbocycles. The van der Waals surface area contributed by atoms with Gasteiger partial charge in [0.05, 0.1) is 17.2 Å². The zero-order chi connectivity index (χ0) is 24.9. The minimum atomic E-state index is -3.63. The molecule has 0 atom stereocenters. The Kier molecular flexibility index (Phi) is 8.81. The summed E-state index contributed by atoms with van der Waals surface area (Å²) in [4.78, 5) is 17.6. The predicted molar refractivity (Wildman–Crippen MR) is 137 cm³/mol. The number of pyridine rings is 1. The van der Waals surface area contributed by atoms with E-state index in [-0.39, 0.29) is 36.2 Å². The van der Waals surface area contributed by atoms with Gasteiger partial charge in [-0.05, 0) is 56.6 Å². The third kappa shape index (κ3) is 5.83. The highest BCUT2D eigenvalue weighted by atomic mass is 32.2. The first-order valence-electron chi connectivity index (χ1n) is 11.5. The van der Waals surface area contributed by atoms with E-state index in [0.717, 1.165) is 36.7 Å². The number of carbonyl (C=O) groups excluding carboxylic acids is 1. The molecule has 0 aromatic carbocycles. The maximum Gasteiger partial charge on any atom is 0.255 e. The molecular weight excluding hydrogens is 477 g/mol. The number of unbranched alkanes of at least 4 members (excludes halogenated alkanes) is 1. The van der Waals surface area contributed by atoms with Crippen LogP contribution in [-0.2, 0) is 10.0 Å². The summed E-state index contributed by atoms with van der Waals surface area (Å²) in [7, 11) is -2.07. The molecule has 0 spiro atoms. The maximum absolute atomic E-state index is 12.9. The molecule has 0 unspecified atom stereocenters. The lowest BCUT2D eigenvalue weighted by Crippen LogP contribution is -2.32. The van der Waals surface area contributed by atoms with Gasteiger partial charge in [-0.1, -0.05) is 25.2 Å². The van der Waals surface area contributed by atoms with Crippen LogP contribution in [0.2, 0.25) is 0 Å². The number of nitrogens with zero attached hydrogens (tertiary/aromatic N) is 2. The molecule has 1 aliphatic rings. The van der Waals surface area contributed by atoms with E-state index in [1.807, 2.05) is 38.1 Å². The number of fused-ring (bicyclic) bond motifs is 1. The zero-order valence-electron chi connectivity index (χ0n) is 20.1. The van der Waals surface area contributed by atoms with E-state index in [1.54, 1.807) is 7.05 Å². The Morgan fingerprint density at radius 2 is 2.12 bits per heavy atom. The molecule has 0 saturated heterocycles. The van der Waals surface area contributed by atoms with Crippen molar-refractivity contribution >= 4 is 50.6 Å². The third-order valence-corrected chi connectivity index (χ3v) is 7.34. The van der Waals surface area contributed by atoms with E-state index in [2.05, 4.69) is 10.3 Å². The van der Waals surface area contributed by atoms with Gasteiger partial charge in [0.1, 0.15) is 11.6 Å².